The first-order valence-corrected chi connectivity index (χ1v) is 7.41. The van der Waals surface area contributed by atoms with Crippen LogP contribution in [0.5, 0.6) is 0 Å². The third kappa shape index (κ3) is 2.85. The summed E-state index contributed by atoms with van der Waals surface area (Å²) in [7, 11) is 0. The Morgan fingerprint density at radius 3 is 2.30 bits per heavy atom. The van der Waals surface area contributed by atoms with Gasteiger partial charge in [0.2, 0.25) is 0 Å². The molecule has 0 unspecified atom stereocenters. The molecule has 1 N–H and O–H groups in total. The van der Waals surface area contributed by atoms with Crippen molar-refractivity contribution in [3.8, 4) is 0 Å². The highest BCUT2D eigenvalue weighted by atomic mass is 16.3. The van der Waals surface area contributed by atoms with Gasteiger partial charge in [0, 0.05) is 17.5 Å². The van der Waals surface area contributed by atoms with E-state index < -0.39 is 5.60 Å². The number of nitrogens with zero attached hydrogens (tertiary/aromatic N) is 1. The highest BCUT2D eigenvalue weighted by Crippen LogP contribution is 2.30. The lowest BCUT2D eigenvalue weighted by atomic mass is 9.77. The van der Waals surface area contributed by atoms with Crippen LogP contribution in [0.2, 0.25) is 0 Å². The van der Waals surface area contributed by atoms with Crippen molar-refractivity contribution in [3.63, 3.8) is 0 Å². The van der Waals surface area contributed by atoms with Crippen molar-refractivity contribution in [3.05, 3.63) is 41.6 Å². The van der Waals surface area contributed by atoms with Gasteiger partial charge in [-0.15, -0.1) is 0 Å². The standard InChI is InChI=1S/C18H25NO/c1-12(2)18(20,13(3)4)11-16-8-7-15-10-14(5)6-9-17(15)19-16/h6-10,12-13,20H,11H2,1-5H3. The van der Waals surface area contributed by atoms with E-state index in [4.69, 9.17) is 4.98 Å². The van der Waals surface area contributed by atoms with Gasteiger partial charge in [0.1, 0.15) is 0 Å². The number of aromatic nitrogens is 1. The average molecular weight is 271 g/mol. The van der Waals surface area contributed by atoms with E-state index in [9.17, 15) is 5.11 Å². The number of rotatable bonds is 4. The molecule has 0 aliphatic carbocycles. The first kappa shape index (κ1) is 15.0. The van der Waals surface area contributed by atoms with Crippen LogP contribution in [0.4, 0.5) is 0 Å². The summed E-state index contributed by atoms with van der Waals surface area (Å²) in [6, 6.07) is 10.4. The molecule has 1 aromatic carbocycles. The van der Waals surface area contributed by atoms with Crippen LogP contribution in [-0.4, -0.2) is 15.7 Å². The van der Waals surface area contributed by atoms with Gasteiger partial charge < -0.3 is 5.11 Å². The molecule has 0 aliphatic heterocycles. The van der Waals surface area contributed by atoms with E-state index >= 15 is 0 Å². The molecule has 0 aliphatic rings. The molecule has 0 atom stereocenters. The van der Waals surface area contributed by atoms with E-state index in [1.165, 1.54) is 5.56 Å². The topological polar surface area (TPSA) is 33.1 Å². The summed E-state index contributed by atoms with van der Waals surface area (Å²) in [5, 5.41) is 12.1. The smallest absolute Gasteiger partial charge is 0.0748 e. The molecule has 0 fully saturated rings. The minimum atomic E-state index is -0.703. The summed E-state index contributed by atoms with van der Waals surface area (Å²) in [6.07, 6.45) is 0.603. The van der Waals surface area contributed by atoms with E-state index in [1.54, 1.807) is 0 Å². The fraction of sp³-hybridized carbons (Fsp3) is 0.500. The Labute approximate surface area is 121 Å². The van der Waals surface area contributed by atoms with Gasteiger partial charge in [0.05, 0.1) is 11.1 Å². The zero-order valence-corrected chi connectivity index (χ0v) is 13.1. The van der Waals surface area contributed by atoms with Crippen LogP contribution in [0.3, 0.4) is 0 Å². The molecule has 0 bridgehead atoms. The average Bonchev–Trinajstić information content (AvgIpc) is 2.38. The van der Waals surface area contributed by atoms with Gasteiger partial charge >= 0.3 is 0 Å². The molecule has 0 saturated heterocycles. The minimum absolute atomic E-state index is 0.206. The van der Waals surface area contributed by atoms with Crippen molar-refractivity contribution in [1.29, 1.82) is 0 Å². The zero-order chi connectivity index (χ0) is 14.9. The molecule has 2 aromatic rings. The van der Waals surface area contributed by atoms with Crippen molar-refractivity contribution >= 4 is 10.9 Å². The van der Waals surface area contributed by atoms with Crippen LogP contribution < -0.4 is 0 Å². The Morgan fingerprint density at radius 1 is 1.05 bits per heavy atom. The molecular formula is C18H25NO. The number of pyridine rings is 1. The molecule has 0 radical (unpaired) electrons. The SMILES string of the molecule is Cc1ccc2nc(CC(O)(C(C)C)C(C)C)ccc2c1. The summed E-state index contributed by atoms with van der Waals surface area (Å²) >= 11 is 0. The van der Waals surface area contributed by atoms with Gasteiger partial charge in [0.15, 0.2) is 0 Å². The largest absolute Gasteiger partial charge is 0.389 e. The number of aryl methyl sites for hydroxylation is 1. The predicted molar refractivity (Wildman–Crippen MR) is 84.8 cm³/mol. The van der Waals surface area contributed by atoms with Crippen LogP contribution >= 0.6 is 0 Å². The van der Waals surface area contributed by atoms with Crippen molar-refractivity contribution in [2.75, 3.05) is 0 Å². The van der Waals surface area contributed by atoms with Gasteiger partial charge in [-0.05, 0) is 37.0 Å². The lowest BCUT2D eigenvalue weighted by molar-refractivity contribution is -0.0469. The first-order chi connectivity index (χ1) is 9.33. The Morgan fingerprint density at radius 2 is 1.70 bits per heavy atom. The molecule has 2 nitrogen and oxygen atoms in total. The van der Waals surface area contributed by atoms with E-state index in [2.05, 4.69) is 58.9 Å². The summed E-state index contributed by atoms with van der Waals surface area (Å²) in [5.41, 5.74) is 2.51. The number of fused-ring (bicyclic) bond motifs is 1. The van der Waals surface area contributed by atoms with Gasteiger partial charge in [-0.3, -0.25) is 4.98 Å². The number of hydrogen-bond donors (Lipinski definition) is 1. The Bertz CT molecular complexity index is 593. The summed E-state index contributed by atoms with van der Waals surface area (Å²) in [4.78, 5) is 4.71. The maximum atomic E-state index is 10.9. The van der Waals surface area contributed by atoms with Crippen LogP contribution in [0.1, 0.15) is 39.0 Å². The van der Waals surface area contributed by atoms with Crippen molar-refractivity contribution < 1.29 is 5.11 Å². The zero-order valence-electron chi connectivity index (χ0n) is 13.1. The van der Waals surface area contributed by atoms with Gasteiger partial charge in [0.25, 0.3) is 0 Å². The van der Waals surface area contributed by atoms with E-state index in [0.717, 1.165) is 16.6 Å². The summed E-state index contributed by atoms with van der Waals surface area (Å²) in [6.45, 7) is 10.4. The van der Waals surface area contributed by atoms with E-state index in [1.807, 2.05) is 6.07 Å². The third-order valence-corrected chi connectivity index (χ3v) is 4.37. The maximum Gasteiger partial charge on any atom is 0.0748 e. The molecular weight excluding hydrogens is 246 g/mol. The van der Waals surface area contributed by atoms with Gasteiger partial charge in [-0.25, -0.2) is 0 Å². The molecule has 108 valence electrons. The summed E-state index contributed by atoms with van der Waals surface area (Å²) in [5.74, 6) is 0.413. The third-order valence-electron chi connectivity index (χ3n) is 4.37. The Balaban J connectivity index is 2.36. The maximum absolute atomic E-state index is 10.9. The molecule has 20 heavy (non-hydrogen) atoms. The quantitative estimate of drug-likeness (QED) is 0.907. The lowest BCUT2D eigenvalue weighted by Crippen LogP contribution is -2.43. The number of aliphatic hydroxyl groups is 1. The molecule has 1 heterocycles. The van der Waals surface area contributed by atoms with Crippen LogP contribution in [0.15, 0.2) is 30.3 Å². The van der Waals surface area contributed by atoms with Crippen molar-refractivity contribution in [2.24, 2.45) is 11.8 Å². The second kappa shape index (κ2) is 5.53. The molecule has 2 rings (SSSR count). The van der Waals surface area contributed by atoms with Crippen molar-refractivity contribution in [1.82, 2.24) is 4.98 Å². The first-order valence-electron chi connectivity index (χ1n) is 7.41. The van der Waals surface area contributed by atoms with Gasteiger partial charge in [-0.2, -0.15) is 0 Å². The molecule has 0 saturated carbocycles. The van der Waals surface area contributed by atoms with Crippen LogP contribution in [-0.2, 0) is 6.42 Å². The molecule has 2 heteroatoms. The Kier molecular flexibility index (Phi) is 4.14. The minimum Gasteiger partial charge on any atom is -0.389 e. The van der Waals surface area contributed by atoms with Gasteiger partial charge in [-0.1, -0.05) is 45.4 Å². The fourth-order valence-electron chi connectivity index (χ4n) is 2.75. The number of hydrogen-bond acceptors (Lipinski definition) is 2. The van der Waals surface area contributed by atoms with Crippen LogP contribution in [0.25, 0.3) is 10.9 Å². The predicted octanol–water partition coefficient (Wildman–Crippen LogP) is 4.13. The fourth-order valence-corrected chi connectivity index (χ4v) is 2.75. The van der Waals surface area contributed by atoms with E-state index in [-0.39, 0.29) is 11.8 Å². The second-order valence-electron chi connectivity index (χ2n) is 6.48. The van der Waals surface area contributed by atoms with E-state index in [0.29, 0.717) is 6.42 Å². The highest BCUT2D eigenvalue weighted by molar-refractivity contribution is 5.79. The highest BCUT2D eigenvalue weighted by Gasteiger charge is 2.35. The van der Waals surface area contributed by atoms with Crippen molar-refractivity contribution in [2.45, 2.75) is 46.6 Å². The second-order valence-corrected chi connectivity index (χ2v) is 6.48. The molecule has 1 aromatic heterocycles. The normalized spacial score (nSPS) is 12.6. The van der Waals surface area contributed by atoms with Crippen LogP contribution in [0, 0.1) is 18.8 Å². The number of benzene rings is 1. The molecule has 0 amide bonds. The molecule has 0 spiro atoms. The monoisotopic (exact) mass is 271 g/mol. The summed E-state index contributed by atoms with van der Waals surface area (Å²) < 4.78 is 0. The lowest BCUT2D eigenvalue weighted by Gasteiger charge is -2.36. The Hall–Kier alpha value is -1.41.